The Morgan fingerprint density at radius 1 is 1.33 bits per heavy atom. The number of anilines is 1. The molecule has 0 saturated heterocycles. The summed E-state index contributed by atoms with van der Waals surface area (Å²) in [5.41, 5.74) is -0.522. The van der Waals surface area contributed by atoms with E-state index >= 15 is 0 Å². The zero-order valence-electron chi connectivity index (χ0n) is 11.2. The molecule has 2 N–H and O–H groups in total. The van der Waals surface area contributed by atoms with Crippen LogP contribution in [0.15, 0.2) is 24.3 Å². The fourth-order valence-electron chi connectivity index (χ4n) is 1.67. The first-order chi connectivity index (χ1) is 9.68. The van der Waals surface area contributed by atoms with Crippen molar-refractivity contribution in [1.29, 1.82) is 0 Å². The summed E-state index contributed by atoms with van der Waals surface area (Å²) in [6.07, 6.45) is -4.56. The van der Waals surface area contributed by atoms with Gasteiger partial charge in [0, 0.05) is 12.7 Å². The van der Waals surface area contributed by atoms with Crippen LogP contribution >= 0.6 is 0 Å². The summed E-state index contributed by atoms with van der Waals surface area (Å²) in [6.45, 7) is 1.73. The standard InChI is InChI=1S/C13H12F3N3O2/c1-7-5-10(18-19(7)2)12(21)17-9-6-8(13(14,15)16)3-4-11(9)20/h3-6,20H,1-2H3,(H,17,21). The molecule has 0 aliphatic heterocycles. The predicted octanol–water partition coefficient (Wildman–Crippen LogP) is 2.71. The summed E-state index contributed by atoms with van der Waals surface area (Å²) >= 11 is 0. The Labute approximate surface area is 118 Å². The first kappa shape index (κ1) is 14.9. The van der Waals surface area contributed by atoms with E-state index in [0.29, 0.717) is 11.8 Å². The molecule has 1 aromatic carbocycles. The number of carbonyl (C=O) groups excluding carboxylic acids is 1. The number of benzene rings is 1. The van der Waals surface area contributed by atoms with E-state index in [2.05, 4.69) is 10.4 Å². The molecule has 0 spiro atoms. The Morgan fingerprint density at radius 2 is 2.00 bits per heavy atom. The van der Waals surface area contributed by atoms with Crippen LogP contribution in [-0.4, -0.2) is 20.8 Å². The molecule has 0 bridgehead atoms. The van der Waals surface area contributed by atoms with Crippen molar-refractivity contribution in [3.63, 3.8) is 0 Å². The van der Waals surface area contributed by atoms with Crippen LogP contribution in [0.3, 0.4) is 0 Å². The van der Waals surface area contributed by atoms with Crippen molar-refractivity contribution in [1.82, 2.24) is 9.78 Å². The number of hydrogen-bond acceptors (Lipinski definition) is 3. The molecule has 2 aromatic rings. The lowest BCUT2D eigenvalue weighted by Crippen LogP contribution is -2.14. The minimum Gasteiger partial charge on any atom is -0.506 e. The van der Waals surface area contributed by atoms with Gasteiger partial charge in [0.1, 0.15) is 5.75 Å². The summed E-state index contributed by atoms with van der Waals surface area (Å²) in [4.78, 5) is 11.9. The highest BCUT2D eigenvalue weighted by molar-refractivity contribution is 6.03. The van der Waals surface area contributed by atoms with Gasteiger partial charge in [-0.3, -0.25) is 9.48 Å². The third-order valence-electron chi connectivity index (χ3n) is 2.92. The molecule has 0 aliphatic carbocycles. The Bertz CT molecular complexity index is 673. The van der Waals surface area contributed by atoms with Gasteiger partial charge in [-0.25, -0.2) is 0 Å². The first-order valence-electron chi connectivity index (χ1n) is 5.90. The maximum Gasteiger partial charge on any atom is 0.416 e. The molecule has 5 nitrogen and oxygen atoms in total. The molecule has 0 atom stereocenters. The molecule has 0 unspecified atom stereocenters. The number of aryl methyl sites for hydroxylation is 2. The molecular weight excluding hydrogens is 287 g/mol. The van der Waals surface area contributed by atoms with E-state index in [1.807, 2.05) is 0 Å². The van der Waals surface area contributed by atoms with Crippen LogP contribution in [0, 0.1) is 6.92 Å². The Morgan fingerprint density at radius 3 is 2.52 bits per heavy atom. The van der Waals surface area contributed by atoms with Crippen molar-refractivity contribution in [3.8, 4) is 5.75 Å². The van der Waals surface area contributed by atoms with E-state index in [4.69, 9.17) is 0 Å². The zero-order chi connectivity index (χ0) is 15.8. The number of rotatable bonds is 2. The number of nitrogens with zero attached hydrogens (tertiary/aromatic N) is 2. The molecule has 0 radical (unpaired) electrons. The third kappa shape index (κ3) is 3.15. The lowest BCUT2D eigenvalue weighted by molar-refractivity contribution is -0.137. The second-order valence-electron chi connectivity index (χ2n) is 4.48. The van der Waals surface area contributed by atoms with Crippen LogP contribution in [0.1, 0.15) is 21.7 Å². The van der Waals surface area contributed by atoms with Crippen molar-refractivity contribution < 1.29 is 23.1 Å². The smallest absolute Gasteiger partial charge is 0.416 e. The van der Waals surface area contributed by atoms with E-state index in [1.165, 1.54) is 10.7 Å². The molecule has 0 saturated carbocycles. The van der Waals surface area contributed by atoms with Gasteiger partial charge in [0.25, 0.3) is 5.91 Å². The van der Waals surface area contributed by atoms with Gasteiger partial charge >= 0.3 is 6.18 Å². The first-order valence-corrected chi connectivity index (χ1v) is 5.90. The van der Waals surface area contributed by atoms with Crippen molar-refractivity contribution in [3.05, 3.63) is 41.2 Å². The highest BCUT2D eigenvalue weighted by Gasteiger charge is 2.31. The Kier molecular flexibility index (Phi) is 3.63. The largest absolute Gasteiger partial charge is 0.506 e. The maximum atomic E-state index is 12.6. The van der Waals surface area contributed by atoms with Crippen molar-refractivity contribution >= 4 is 11.6 Å². The molecule has 1 aromatic heterocycles. The number of alkyl halides is 3. The Balaban J connectivity index is 2.28. The molecular formula is C13H12F3N3O2. The van der Waals surface area contributed by atoms with Gasteiger partial charge in [0.2, 0.25) is 0 Å². The van der Waals surface area contributed by atoms with Crippen LogP contribution in [-0.2, 0) is 13.2 Å². The van der Waals surface area contributed by atoms with Gasteiger partial charge in [-0.15, -0.1) is 0 Å². The topological polar surface area (TPSA) is 67.2 Å². The monoisotopic (exact) mass is 299 g/mol. The number of aromatic nitrogens is 2. The molecule has 2 rings (SSSR count). The van der Waals surface area contributed by atoms with Crippen LogP contribution in [0.2, 0.25) is 0 Å². The van der Waals surface area contributed by atoms with Gasteiger partial charge in [-0.05, 0) is 31.2 Å². The number of hydrogen-bond donors (Lipinski definition) is 2. The molecule has 21 heavy (non-hydrogen) atoms. The highest BCUT2D eigenvalue weighted by atomic mass is 19.4. The number of carbonyl (C=O) groups is 1. The second-order valence-corrected chi connectivity index (χ2v) is 4.48. The van der Waals surface area contributed by atoms with E-state index in [9.17, 15) is 23.1 Å². The minimum absolute atomic E-state index is 0.0480. The lowest BCUT2D eigenvalue weighted by atomic mass is 10.1. The molecule has 1 amide bonds. The summed E-state index contributed by atoms with van der Waals surface area (Å²) in [5, 5.41) is 15.7. The normalized spacial score (nSPS) is 11.5. The van der Waals surface area contributed by atoms with Gasteiger partial charge in [0.05, 0.1) is 11.3 Å². The second kappa shape index (κ2) is 5.12. The lowest BCUT2D eigenvalue weighted by Gasteiger charge is -2.10. The van der Waals surface area contributed by atoms with Crippen molar-refractivity contribution in [2.45, 2.75) is 13.1 Å². The number of amides is 1. The third-order valence-corrected chi connectivity index (χ3v) is 2.92. The fourth-order valence-corrected chi connectivity index (χ4v) is 1.67. The number of phenolic OH excluding ortho intramolecular Hbond substituents is 1. The summed E-state index contributed by atoms with van der Waals surface area (Å²) < 4.78 is 39.3. The predicted molar refractivity (Wildman–Crippen MR) is 69.0 cm³/mol. The molecule has 8 heteroatoms. The summed E-state index contributed by atoms with van der Waals surface area (Å²) in [6, 6.07) is 3.76. The molecule has 112 valence electrons. The summed E-state index contributed by atoms with van der Waals surface area (Å²) in [5.74, 6) is -1.16. The Hall–Kier alpha value is -2.51. The molecule has 1 heterocycles. The molecule has 0 aliphatic rings. The SMILES string of the molecule is Cc1cc(C(=O)Nc2cc(C(F)(F)F)ccc2O)nn1C. The van der Waals surface area contributed by atoms with E-state index < -0.39 is 23.4 Å². The van der Waals surface area contributed by atoms with Crippen LogP contribution < -0.4 is 5.32 Å². The van der Waals surface area contributed by atoms with E-state index in [0.717, 1.165) is 12.1 Å². The average molecular weight is 299 g/mol. The highest BCUT2D eigenvalue weighted by Crippen LogP contribution is 2.34. The maximum absolute atomic E-state index is 12.6. The van der Waals surface area contributed by atoms with Gasteiger partial charge < -0.3 is 10.4 Å². The zero-order valence-corrected chi connectivity index (χ0v) is 11.2. The van der Waals surface area contributed by atoms with Crippen molar-refractivity contribution in [2.24, 2.45) is 7.05 Å². The van der Waals surface area contributed by atoms with E-state index in [-0.39, 0.29) is 11.4 Å². The number of halogens is 3. The average Bonchev–Trinajstić information content (AvgIpc) is 2.71. The van der Waals surface area contributed by atoms with Crippen molar-refractivity contribution in [2.75, 3.05) is 5.32 Å². The quantitative estimate of drug-likeness (QED) is 0.838. The minimum atomic E-state index is -4.56. The fraction of sp³-hybridized carbons (Fsp3) is 0.231. The van der Waals surface area contributed by atoms with Crippen LogP contribution in [0.5, 0.6) is 5.75 Å². The molecule has 0 fully saturated rings. The van der Waals surface area contributed by atoms with Gasteiger partial charge in [0.15, 0.2) is 5.69 Å². The van der Waals surface area contributed by atoms with Crippen LogP contribution in [0.25, 0.3) is 0 Å². The number of nitrogens with one attached hydrogen (secondary N) is 1. The summed E-state index contributed by atoms with van der Waals surface area (Å²) in [7, 11) is 1.63. The van der Waals surface area contributed by atoms with Gasteiger partial charge in [-0.2, -0.15) is 18.3 Å². The van der Waals surface area contributed by atoms with Gasteiger partial charge in [-0.1, -0.05) is 0 Å². The number of aromatic hydroxyl groups is 1. The van der Waals surface area contributed by atoms with E-state index in [1.54, 1.807) is 14.0 Å². The number of phenols is 1. The van der Waals surface area contributed by atoms with Crippen LogP contribution in [0.4, 0.5) is 18.9 Å².